The molecule has 4 rings (SSSR count). The Morgan fingerprint density at radius 2 is 1.71 bits per heavy atom. The molecule has 6 nitrogen and oxygen atoms in total. The molecule has 1 heterocycles. The van der Waals surface area contributed by atoms with Gasteiger partial charge in [-0.15, -0.1) is 0 Å². The van der Waals surface area contributed by atoms with Crippen LogP contribution in [0.2, 0.25) is 0 Å². The van der Waals surface area contributed by atoms with Crippen molar-refractivity contribution in [1.29, 1.82) is 0 Å². The molecule has 1 unspecified atom stereocenters. The number of sulfonamides is 1. The summed E-state index contributed by atoms with van der Waals surface area (Å²) in [6, 6.07) is 16.5. The lowest BCUT2D eigenvalue weighted by Crippen LogP contribution is -2.39. The highest BCUT2D eigenvalue weighted by Gasteiger charge is 2.35. The maximum atomic E-state index is 12.7. The first-order chi connectivity index (χ1) is 15.0. The summed E-state index contributed by atoms with van der Waals surface area (Å²) in [4.78, 5) is 12.9. The quantitative estimate of drug-likeness (QED) is 0.656. The van der Waals surface area contributed by atoms with Crippen molar-refractivity contribution in [3.63, 3.8) is 0 Å². The van der Waals surface area contributed by atoms with E-state index in [4.69, 9.17) is 4.74 Å². The summed E-state index contributed by atoms with van der Waals surface area (Å²) in [5.41, 5.74) is 1.71. The number of hydrogen-bond donors (Lipinski definition) is 2. The molecule has 1 aliphatic carbocycles. The topological polar surface area (TPSA) is 84.5 Å². The maximum absolute atomic E-state index is 12.7. The summed E-state index contributed by atoms with van der Waals surface area (Å²) >= 11 is 0. The van der Waals surface area contributed by atoms with E-state index in [0.29, 0.717) is 18.7 Å². The predicted octanol–water partition coefficient (Wildman–Crippen LogP) is 3.39. The summed E-state index contributed by atoms with van der Waals surface area (Å²) in [6.45, 7) is 1.53. The molecule has 1 saturated carbocycles. The van der Waals surface area contributed by atoms with Gasteiger partial charge in [-0.3, -0.25) is 4.79 Å². The number of nitrogens with one attached hydrogen (secondary N) is 2. The van der Waals surface area contributed by atoms with Crippen LogP contribution in [0.25, 0.3) is 0 Å². The zero-order valence-corrected chi connectivity index (χ0v) is 18.5. The van der Waals surface area contributed by atoms with Crippen molar-refractivity contribution < 1.29 is 17.9 Å². The van der Waals surface area contributed by atoms with Crippen LogP contribution in [-0.4, -0.2) is 40.1 Å². The molecule has 1 aliphatic heterocycles. The monoisotopic (exact) mass is 442 g/mol. The summed E-state index contributed by atoms with van der Waals surface area (Å²) in [5, 5.41) is 3.08. The van der Waals surface area contributed by atoms with Crippen LogP contribution in [-0.2, 0) is 20.2 Å². The molecule has 2 N–H and O–H groups in total. The van der Waals surface area contributed by atoms with Gasteiger partial charge in [0.05, 0.1) is 11.0 Å². The number of amides is 1. The van der Waals surface area contributed by atoms with Gasteiger partial charge < -0.3 is 10.1 Å². The molecule has 2 aliphatic rings. The molecule has 2 aromatic rings. The van der Waals surface area contributed by atoms with Gasteiger partial charge in [0.1, 0.15) is 0 Å². The van der Waals surface area contributed by atoms with Crippen molar-refractivity contribution in [3.05, 3.63) is 65.7 Å². The molecule has 0 aromatic heterocycles. The zero-order chi connectivity index (χ0) is 21.7. The molecular formula is C24H30N2O4S. The SMILES string of the molecule is O=C(NCC1(c2ccccc2)CCCC1)c1ccc(S(=O)(=O)NCC2CCCO2)cc1. The first kappa shape index (κ1) is 22.0. The molecular weight excluding hydrogens is 412 g/mol. The van der Waals surface area contributed by atoms with Gasteiger partial charge >= 0.3 is 0 Å². The number of carbonyl (C=O) groups is 1. The molecule has 2 fully saturated rings. The van der Waals surface area contributed by atoms with Gasteiger partial charge in [0.2, 0.25) is 10.0 Å². The molecule has 2 aromatic carbocycles. The third-order valence-corrected chi connectivity index (χ3v) is 7.93. The average Bonchev–Trinajstić information content (AvgIpc) is 3.50. The smallest absolute Gasteiger partial charge is 0.251 e. The van der Waals surface area contributed by atoms with Gasteiger partial charge in [-0.2, -0.15) is 0 Å². The Bertz CT molecular complexity index is 978. The Labute approximate surface area is 184 Å². The second-order valence-corrected chi connectivity index (χ2v) is 10.3. The van der Waals surface area contributed by atoms with Crippen LogP contribution in [0.15, 0.2) is 59.5 Å². The number of hydrogen-bond acceptors (Lipinski definition) is 4. The van der Waals surface area contributed by atoms with Crippen LogP contribution in [0, 0.1) is 0 Å². The fourth-order valence-electron chi connectivity index (χ4n) is 4.64. The third-order valence-electron chi connectivity index (χ3n) is 6.49. The molecule has 1 amide bonds. The van der Waals surface area contributed by atoms with E-state index in [2.05, 4.69) is 22.2 Å². The van der Waals surface area contributed by atoms with E-state index in [1.54, 1.807) is 12.1 Å². The van der Waals surface area contributed by atoms with Crippen LogP contribution in [0.4, 0.5) is 0 Å². The van der Waals surface area contributed by atoms with E-state index in [1.807, 2.05) is 18.2 Å². The van der Waals surface area contributed by atoms with Crippen LogP contribution >= 0.6 is 0 Å². The van der Waals surface area contributed by atoms with E-state index < -0.39 is 10.0 Å². The standard InChI is InChI=1S/C24H30N2O4S/c27-23(25-18-24(14-4-5-15-24)20-7-2-1-3-8-20)19-10-12-22(13-11-19)31(28,29)26-17-21-9-6-16-30-21/h1-3,7-8,10-13,21,26H,4-6,9,14-18H2,(H,25,27). The minimum Gasteiger partial charge on any atom is -0.377 e. The van der Waals surface area contributed by atoms with Crippen LogP contribution in [0.5, 0.6) is 0 Å². The van der Waals surface area contributed by atoms with Gasteiger partial charge in [0.25, 0.3) is 5.91 Å². The van der Waals surface area contributed by atoms with Crippen molar-refractivity contribution in [2.24, 2.45) is 0 Å². The summed E-state index contributed by atoms with van der Waals surface area (Å²) in [6.07, 6.45) is 6.21. The van der Waals surface area contributed by atoms with Gasteiger partial charge in [-0.05, 0) is 55.5 Å². The van der Waals surface area contributed by atoms with Gasteiger partial charge in [0, 0.05) is 30.7 Å². The van der Waals surface area contributed by atoms with Crippen LogP contribution in [0.3, 0.4) is 0 Å². The van der Waals surface area contributed by atoms with Crippen molar-refractivity contribution >= 4 is 15.9 Å². The Morgan fingerprint density at radius 1 is 1.00 bits per heavy atom. The highest BCUT2D eigenvalue weighted by molar-refractivity contribution is 7.89. The van der Waals surface area contributed by atoms with E-state index in [-0.39, 0.29) is 28.9 Å². The van der Waals surface area contributed by atoms with Crippen molar-refractivity contribution in [2.75, 3.05) is 19.7 Å². The Hall–Kier alpha value is -2.22. The maximum Gasteiger partial charge on any atom is 0.251 e. The van der Waals surface area contributed by atoms with Crippen molar-refractivity contribution in [3.8, 4) is 0 Å². The van der Waals surface area contributed by atoms with Crippen LogP contribution in [0.1, 0.15) is 54.4 Å². The largest absolute Gasteiger partial charge is 0.377 e. The molecule has 166 valence electrons. The lowest BCUT2D eigenvalue weighted by Gasteiger charge is -2.30. The molecule has 0 bridgehead atoms. The predicted molar refractivity (Wildman–Crippen MR) is 120 cm³/mol. The minimum atomic E-state index is -3.62. The number of carbonyl (C=O) groups excluding carboxylic acids is 1. The lowest BCUT2D eigenvalue weighted by atomic mass is 9.79. The van der Waals surface area contributed by atoms with Crippen molar-refractivity contribution in [1.82, 2.24) is 10.0 Å². The van der Waals surface area contributed by atoms with E-state index in [9.17, 15) is 13.2 Å². The Kier molecular flexibility index (Phi) is 6.74. The average molecular weight is 443 g/mol. The number of benzene rings is 2. The summed E-state index contributed by atoms with van der Waals surface area (Å²) in [5.74, 6) is -0.182. The lowest BCUT2D eigenvalue weighted by molar-refractivity contribution is 0.0943. The van der Waals surface area contributed by atoms with Crippen LogP contribution < -0.4 is 10.0 Å². The fourth-order valence-corrected chi connectivity index (χ4v) is 5.71. The molecule has 0 spiro atoms. The van der Waals surface area contributed by atoms with E-state index in [1.165, 1.54) is 17.7 Å². The van der Waals surface area contributed by atoms with E-state index in [0.717, 1.165) is 38.5 Å². The minimum absolute atomic E-state index is 0.0214. The summed E-state index contributed by atoms with van der Waals surface area (Å²) in [7, 11) is -3.62. The second kappa shape index (κ2) is 9.51. The normalized spacial score (nSPS) is 20.6. The fraction of sp³-hybridized carbons (Fsp3) is 0.458. The highest BCUT2D eigenvalue weighted by Crippen LogP contribution is 2.40. The molecule has 0 radical (unpaired) electrons. The number of rotatable bonds is 8. The highest BCUT2D eigenvalue weighted by atomic mass is 32.2. The second-order valence-electron chi connectivity index (χ2n) is 8.55. The van der Waals surface area contributed by atoms with Gasteiger partial charge in [0.15, 0.2) is 0 Å². The first-order valence-electron chi connectivity index (χ1n) is 11.0. The van der Waals surface area contributed by atoms with Gasteiger partial charge in [-0.1, -0.05) is 43.2 Å². The molecule has 1 saturated heterocycles. The van der Waals surface area contributed by atoms with E-state index >= 15 is 0 Å². The zero-order valence-electron chi connectivity index (χ0n) is 17.7. The molecule has 1 atom stereocenters. The van der Waals surface area contributed by atoms with Gasteiger partial charge in [-0.25, -0.2) is 13.1 Å². The number of ether oxygens (including phenoxy) is 1. The third kappa shape index (κ3) is 5.17. The molecule has 31 heavy (non-hydrogen) atoms. The first-order valence-corrected chi connectivity index (χ1v) is 12.5. The Morgan fingerprint density at radius 3 is 2.35 bits per heavy atom. The molecule has 7 heteroatoms. The summed E-state index contributed by atoms with van der Waals surface area (Å²) < 4.78 is 33.1. The van der Waals surface area contributed by atoms with Crippen molar-refractivity contribution in [2.45, 2.75) is 54.9 Å². The Balaban J connectivity index is 1.38.